The summed E-state index contributed by atoms with van der Waals surface area (Å²) in [5.74, 6) is 1.40. The fourth-order valence-electron chi connectivity index (χ4n) is 2.87. The molecule has 2 aromatic rings. The van der Waals surface area contributed by atoms with E-state index in [2.05, 4.69) is 27.4 Å². The van der Waals surface area contributed by atoms with Crippen molar-refractivity contribution in [1.82, 2.24) is 20.5 Å². The van der Waals surface area contributed by atoms with Crippen LogP contribution in [0, 0.1) is 6.92 Å². The van der Waals surface area contributed by atoms with E-state index in [9.17, 15) is 4.79 Å². The second kappa shape index (κ2) is 8.78. The molecule has 25 heavy (non-hydrogen) atoms. The van der Waals surface area contributed by atoms with E-state index in [1.165, 1.54) is 5.56 Å². The Balaban J connectivity index is 1.39. The Hall–Kier alpha value is -2.18. The third-order valence-electron chi connectivity index (χ3n) is 4.42. The number of carbonyl (C=O) groups excluding carboxylic acids is 1. The Morgan fingerprint density at radius 1 is 1.28 bits per heavy atom. The lowest BCUT2D eigenvalue weighted by molar-refractivity contribution is -0.121. The van der Waals surface area contributed by atoms with Gasteiger partial charge in [0.05, 0.1) is 6.20 Å². The van der Waals surface area contributed by atoms with Crippen molar-refractivity contribution in [3.63, 3.8) is 0 Å². The molecule has 0 saturated carbocycles. The molecule has 1 aliphatic heterocycles. The molecule has 2 N–H and O–H groups in total. The smallest absolute Gasteiger partial charge is 0.220 e. The van der Waals surface area contributed by atoms with Crippen LogP contribution in [0.5, 0.6) is 0 Å². The largest absolute Gasteiger partial charge is 0.441 e. The molecule has 0 unspecified atom stereocenters. The molecule has 1 amide bonds. The molecule has 6 nitrogen and oxygen atoms in total. The van der Waals surface area contributed by atoms with Crippen molar-refractivity contribution in [2.24, 2.45) is 0 Å². The van der Waals surface area contributed by atoms with Crippen LogP contribution in [-0.4, -0.2) is 55.1 Å². The minimum absolute atomic E-state index is 0.0465. The number of amides is 1. The standard InChI is InChI=1S/C19H26N4O2/c1-15-2-4-16(5-3-15)17-14-22-19(25-17)7-6-18(24)21-10-13-23-11-8-20-9-12-23/h2-5,14,20H,6-13H2,1H3,(H,21,24). The van der Waals surface area contributed by atoms with Crippen LogP contribution in [0.1, 0.15) is 17.9 Å². The molecule has 3 rings (SSSR count). The van der Waals surface area contributed by atoms with E-state index >= 15 is 0 Å². The van der Waals surface area contributed by atoms with Crippen LogP contribution in [0.3, 0.4) is 0 Å². The second-order valence-corrected chi connectivity index (χ2v) is 6.43. The van der Waals surface area contributed by atoms with Crippen molar-refractivity contribution in [3.05, 3.63) is 41.9 Å². The molecule has 0 radical (unpaired) electrons. The predicted octanol–water partition coefficient (Wildman–Crippen LogP) is 1.60. The summed E-state index contributed by atoms with van der Waals surface area (Å²) in [6.45, 7) is 7.81. The quantitative estimate of drug-likeness (QED) is 0.800. The van der Waals surface area contributed by atoms with Gasteiger partial charge in [0, 0.05) is 57.7 Å². The number of aromatic nitrogens is 1. The monoisotopic (exact) mass is 342 g/mol. The number of nitrogens with one attached hydrogen (secondary N) is 2. The van der Waals surface area contributed by atoms with Gasteiger partial charge >= 0.3 is 0 Å². The van der Waals surface area contributed by atoms with Crippen LogP contribution in [0.4, 0.5) is 0 Å². The number of piperazine rings is 1. The summed E-state index contributed by atoms with van der Waals surface area (Å²) in [4.78, 5) is 18.6. The number of aryl methyl sites for hydroxylation is 2. The maximum absolute atomic E-state index is 12.0. The van der Waals surface area contributed by atoms with Gasteiger partial charge < -0.3 is 15.1 Å². The third-order valence-corrected chi connectivity index (χ3v) is 4.42. The van der Waals surface area contributed by atoms with Gasteiger partial charge in [-0.3, -0.25) is 9.69 Å². The highest BCUT2D eigenvalue weighted by Crippen LogP contribution is 2.21. The number of hydrogen-bond donors (Lipinski definition) is 2. The summed E-state index contributed by atoms with van der Waals surface area (Å²) < 4.78 is 5.75. The maximum atomic E-state index is 12.0. The first-order valence-corrected chi connectivity index (χ1v) is 8.92. The Morgan fingerprint density at radius 2 is 2.04 bits per heavy atom. The van der Waals surface area contributed by atoms with Crippen LogP contribution < -0.4 is 10.6 Å². The van der Waals surface area contributed by atoms with Gasteiger partial charge in [0.1, 0.15) is 0 Å². The summed E-state index contributed by atoms with van der Waals surface area (Å²) in [5, 5.41) is 6.30. The zero-order valence-corrected chi connectivity index (χ0v) is 14.8. The van der Waals surface area contributed by atoms with Crippen molar-refractivity contribution >= 4 is 5.91 Å². The van der Waals surface area contributed by atoms with E-state index in [-0.39, 0.29) is 5.91 Å². The molecule has 134 valence electrons. The summed E-state index contributed by atoms with van der Waals surface area (Å²) in [6, 6.07) is 8.12. The minimum atomic E-state index is 0.0465. The molecule has 1 aromatic heterocycles. The Bertz CT molecular complexity index is 675. The summed E-state index contributed by atoms with van der Waals surface area (Å²) in [5.41, 5.74) is 2.21. The number of nitrogens with zero attached hydrogens (tertiary/aromatic N) is 2. The van der Waals surface area contributed by atoms with Crippen molar-refractivity contribution < 1.29 is 9.21 Å². The first kappa shape index (κ1) is 17.6. The van der Waals surface area contributed by atoms with Crippen LogP contribution in [0.25, 0.3) is 11.3 Å². The Morgan fingerprint density at radius 3 is 2.80 bits per heavy atom. The number of benzene rings is 1. The summed E-state index contributed by atoms with van der Waals surface area (Å²) in [7, 11) is 0. The normalized spacial score (nSPS) is 15.2. The van der Waals surface area contributed by atoms with Crippen LogP contribution in [-0.2, 0) is 11.2 Å². The molecular formula is C19H26N4O2. The zero-order valence-electron chi connectivity index (χ0n) is 14.8. The lowest BCUT2D eigenvalue weighted by atomic mass is 10.1. The fourth-order valence-corrected chi connectivity index (χ4v) is 2.87. The molecule has 1 aromatic carbocycles. The van der Waals surface area contributed by atoms with Crippen molar-refractivity contribution in [1.29, 1.82) is 0 Å². The molecule has 0 bridgehead atoms. The zero-order chi connectivity index (χ0) is 17.5. The maximum Gasteiger partial charge on any atom is 0.220 e. The summed E-state index contributed by atoms with van der Waals surface area (Å²) >= 11 is 0. The van der Waals surface area contributed by atoms with E-state index in [0.29, 0.717) is 25.3 Å². The molecule has 1 fully saturated rings. The molecule has 1 aliphatic rings. The van der Waals surface area contributed by atoms with Crippen molar-refractivity contribution in [2.45, 2.75) is 19.8 Å². The third kappa shape index (κ3) is 5.41. The lowest BCUT2D eigenvalue weighted by Gasteiger charge is -2.27. The topological polar surface area (TPSA) is 70.4 Å². The Labute approximate surface area is 148 Å². The van der Waals surface area contributed by atoms with Crippen molar-refractivity contribution in [2.75, 3.05) is 39.3 Å². The highest BCUT2D eigenvalue weighted by atomic mass is 16.4. The number of rotatable bonds is 7. The van der Waals surface area contributed by atoms with Gasteiger partial charge in [-0.2, -0.15) is 0 Å². The first-order chi connectivity index (χ1) is 12.2. The van der Waals surface area contributed by atoms with E-state index in [1.54, 1.807) is 6.20 Å². The van der Waals surface area contributed by atoms with Gasteiger partial charge in [-0.15, -0.1) is 0 Å². The number of oxazole rings is 1. The number of carbonyl (C=O) groups is 1. The molecule has 0 spiro atoms. The van der Waals surface area contributed by atoms with Gasteiger partial charge in [0.15, 0.2) is 11.7 Å². The highest BCUT2D eigenvalue weighted by Gasteiger charge is 2.11. The van der Waals surface area contributed by atoms with Gasteiger partial charge in [-0.05, 0) is 6.92 Å². The summed E-state index contributed by atoms with van der Waals surface area (Å²) in [6.07, 6.45) is 2.64. The predicted molar refractivity (Wildman–Crippen MR) is 97.3 cm³/mol. The molecule has 0 atom stereocenters. The number of hydrogen-bond acceptors (Lipinski definition) is 5. The van der Waals surface area contributed by atoms with E-state index < -0.39 is 0 Å². The van der Waals surface area contributed by atoms with Crippen LogP contribution in [0.15, 0.2) is 34.9 Å². The van der Waals surface area contributed by atoms with Gasteiger partial charge in [-0.1, -0.05) is 29.8 Å². The van der Waals surface area contributed by atoms with E-state index in [0.717, 1.165) is 44.0 Å². The van der Waals surface area contributed by atoms with Gasteiger partial charge in [0.25, 0.3) is 0 Å². The Kier molecular flexibility index (Phi) is 6.19. The molecule has 1 saturated heterocycles. The first-order valence-electron chi connectivity index (χ1n) is 8.92. The molecule has 2 heterocycles. The minimum Gasteiger partial charge on any atom is -0.441 e. The highest BCUT2D eigenvalue weighted by molar-refractivity contribution is 5.76. The average Bonchev–Trinajstić information content (AvgIpc) is 3.10. The fraction of sp³-hybridized carbons (Fsp3) is 0.474. The SMILES string of the molecule is Cc1ccc(-c2cnc(CCC(=O)NCCN3CCNCC3)o2)cc1. The van der Waals surface area contributed by atoms with Gasteiger partial charge in [0.2, 0.25) is 5.91 Å². The van der Waals surface area contributed by atoms with Crippen LogP contribution >= 0.6 is 0 Å². The molecule has 0 aliphatic carbocycles. The molecular weight excluding hydrogens is 316 g/mol. The van der Waals surface area contributed by atoms with Crippen LogP contribution in [0.2, 0.25) is 0 Å². The van der Waals surface area contributed by atoms with E-state index in [1.807, 2.05) is 24.3 Å². The van der Waals surface area contributed by atoms with E-state index in [4.69, 9.17) is 4.42 Å². The second-order valence-electron chi connectivity index (χ2n) is 6.43. The van der Waals surface area contributed by atoms with Gasteiger partial charge in [-0.25, -0.2) is 4.98 Å². The van der Waals surface area contributed by atoms with Crippen molar-refractivity contribution in [3.8, 4) is 11.3 Å². The average molecular weight is 342 g/mol. The lowest BCUT2D eigenvalue weighted by Crippen LogP contribution is -2.46. The molecule has 6 heteroatoms.